The zero-order valence-electron chi connectivity index (χ0n) is 11.4. The lowest BCUT2D eigenvalue weighted by molar-refractivity contribution is 0.301. The SMILES string of the molecule is Cc1cc(OCc2cn3ccccc3n2)cc(C)c1Br. The molecule has 0 aliphatic heterocycles. The fourth-order valence-electron chi connectivity index (χ4n) is 2.20. The third kappa shape index (κ3) is 2.56. The molecule has 102 valence electrons. The third-order valence-electron chi connectivity index (χ3n) is 3.21. The zero-order valence-corrected chi connectivity index (χ0v) is 13.0. The van der Waals surface area contributed by atoms with Gasteiger partial charge in [0.2, 0.25) is 0 Å². The van der Waals surface area contributed by atoms with E-state index in [-0.39, 0.29) is 0 Å². The largest absolute Gasteiger partial charge is 0.487 e. The maximum absolute atomic E-state index is 5.84. The molecule has 0 saturated heterocycles. The first-order chi connectivity index (χ1) is 9.63. The van der Waals surface area contributed by atoms with Crippen LogP contribution in [-0.2, 0) is 6.61 Å². The van der Waals surface area contributed by atoms with Gasteiger partial charge in [0, 0.05) is 16.9 Å². The lowest BCUT2D eigenvalue weighted by atomic mass is 10.1. The highest BCUT2D eigenvalue weighted by Crippen LogP contribution is 2.26. The predicted molar refractivity (Wildman–Crippen MR) is 83.1 cm³/mol. The van der Waals surface area contributed by atoms with Crippen molar-refractivity contribution >= 4 is 21.6 Å². The Kier molecular flexibility index (Phi) is 3.49. The van der Waals surface area contributed by atoms with E-state index in [1.807, 2.05) is 47.1 Å². The molecule has 0 aliphatic carbocycles. The maximum Gasteiger partial charge on any atom is 0.137 e. The summed E-state index contributed by atoms with van der Waals surface area (Å²) in [6.07, 6.45) is 3.98. The molecule has 0 bridgehead atoms. The van der Waals surface area contributed by atoms with Gasteiger partial charge < -0.3 is 9.14 Å². The van der Waals surface area contributed by atoms with Crippen LogP contribution in [-0.4, -0.2) is 9.38 Å². The molecule has 3 aromatic rings. The van der Waals surface area contributed by atoms with Crippen LogP contribution in [0, 0.1) is 13.8 Å². The minimum Gasteiger partial charge on any atom is -0.487 e. The lowest BCUT2D eigenvalue weighted by Crippen LogP contribution is -1.96. The van der Waals surface area contributed by atoms with E-state index in [4.69, 9.17) is 4.74 Å². The molecule has 2 heterocycles. The number of imidazole rings is 1. The van der Waals surface area contributed by atoms with Gasteiger partial charge in [0.15, 0.2) is 0 Å². The van der Waals surface area contributed by atoms with Crippen molar-refractivity contribution in [2.24, 2.45) is 0 Å². The van der Waals surface area contributed by atoms with Gasteiger partial charge in [0.25, 0.3) is 0 Å². The van der Waals surface area contributed by atoms with Crippen LogP contribution in [0.1, 0.15) is 16.8 Å². The van der Waals surface area contributed by atoms with Gasteiger partial charge >= 0.3 is 0 Å². The number of fused-ring (bicyclic) bond motifs is 1. The van der Waals surface area contributed by atoms with E-state index in [1.54, 1.807) is 0 Å². The normalized spacial score (nSPS) is 10.9. The monoisotopic (exact) mass is 330 g/mol. The molecule has 0 spiro atoms. The molecule has 2 aromatic heterocycles. The standard InChI is InChI=1S/C16H15BrN2O/c1-11-7-14(8-12(2)16(11)17)20-10-13-9-19-6-4-3-5-15(19)18-13/h3-9H,10H2,1-2H3. The molecule has 0 amide bonds. The van der Waals surface area contributed by atoms with E-state index < -0.39 is 0 Å². The molecule has 0 aliphatic rings. The van der Waals surface area contributed by atoms with E-state index in [0.29, 0.717) is 6.61 Å². The molecule has 0 radical (unpaired) electrons. The van der Waals surface area contributed by atoms with Crippen LogP contribution in [0.3, 0.4) is 0 Å². The van der Waals surface area contributed by atoms with Gasteiger partial charge in [-0.25, -0.2) is 4.98 Å². The van der Waals surface area contributed by atoms with Crippen molar-refractivity contribution in [1.29, 1.82) is 0 Å². The number of halogens is 1. The molecular weight excluding hydrogens is 316 g/mol. The Morgan fingerprint density at radius 1 is 1.20 bits per heavy atom. The number of aryl methyl sites for hydroxylation is 2. The summed E-state index contributed by atoms with van der Waals surface area (Å²) in [6, 6.07) is 10.0. The second kappa shape index (κ2) is 5.29. The van der Waals surface area contributed by atoms with Gasteiger partial charge in [-0.2, -0.15) is 0 Å². The van der Waals surface area contributed by atoms with E-state index in [2.05, 4.69) is 34.8 Å². The van der Waals surface area contributed by atoms with Crippen molar-refractivity contribution in [2.75, 3.05) is 0 Å². The second-order valence-corrected chi connectivity index (χ2v) is 5.65. The average Bonchev–Trinajstić information content (AvgIpc) is 2.85. The van der Waals surface area contributed by atoms with Crippen molar-refractivity contribution in [1.82, 2.24) is 9.38 Å². The van der Waals surface area contributed by atoms with E-state index in [9.17, 15) is 0 Å². The maximum atomic E-state index is 5.84. The molecule has 0 N–H and O–H groups in total. The fourth-order valence-corrected chi connectivity index (χ4v) is 2.43. The Balaban J connectivity index is 1.79. The molecular formula is C16H15BrN2O. The summed E-state index contributed by atoms with van der Waals surface area (Å²) in [5, 5.41) is 0. The van der Waals surface area contributed by atoms with Gasteiger partial charge in [0.1, 0.15) is 18.0 Å². The first-order valence-electron chi connectivity index (χ1n) is 6.45. The summed E-state index contributed by atoms with van der Waals surface area (Å²) < 4.78 is 8.98. The average molecular weight is 331 g/mol. The van der Waals surface area contributed by atoms with E-state index >= 15 is 0 Å². The summed E-state index contributed by atoms with van der Waals surface area (Å²) in [7, 11) is 0. The highest BCUT2D eigenvalue weighted by atomic mass is 79.9. The van der Waals surface area contributed by atoms with Gasteiger partial charge in [-0.15, -0.1) is 0 Å². The van der Waals surface area contributed by atoms with Crippen LogP contribution in [0.2, 0.25) is 0 Å². The second-order valence-electron chi connectivity index (χ2n) is 4.86. The summed E-state index contributed by atoms with van der Waals surface area (Å²) in [6.45, 7) is 4.60. The molecule has 0 atom stereocenters. The van der Waals surface area contributed by atoms with Gasteiger partial charge in [-0.05, 0) is 49.2 Å². The summed E-state index contributed by atoms with van der Waals surface area (Å²) in [5.41, 5.74) is 4.22. The summed E-state index contributed by atoms with van der Waals surface area (Å²) in [4.78, 5) is 4.52. The van der Waals surface area contributed by atoms with Crippen molar-refractivity contribution in [3.05, 3.63) is 64.0 Å². The van der Waals surface area contributed by atoms with Crippen LogP contribution in [0.5, 0.6) is 5.75 Å². The zero-order chi connectivity index (χ0) is 14.1. The fraction of sp³-hybridized carbons (Fsp3) is 0.188. The molecule has 3 rings (SSSR count). The van der Waals surface area contributed by atoms with Crippen molar-refractivity contribution in [3.8, 4) is 5.75 Å². The van der Waals surface area contributed by atoms with Gasteiger partial charge in [-0.3, -0.25) is 0 Å². The number of hydrogen-bond acceptors (Lipinski definition) is 2. The summed E-state index contributed by atoms with van der Waals surface area (Å²) >= 11 is 3.56. The molecule has 0 saturated carbocycles. The minimum atomic E-state index is 0.474. The highest BCUT2D eigenvalue weighted by molar-refractivity contribution is 9.10. The van der Waals surface area contributed by atoms with E-state index in [0.717, 1.165) is 21.6 Å². The van der Waals surface area contributed by atoms with E-state index in [1.165, 1.54) is 11.1 Å². The molecule has 0 unspecified atom stereocenters. The Morgan fingerprint density at radius 2 is 1.95 bits per heavy atom. The third-order valence-corrected chi connectivity index (χ3v) is 4.46. The predicted octanol–water partition coefficient (Wildman–Crippen LogP) is 4.29. The van der Waals surface area contributed by atoms with Gasteiger partial charge in [-0.1, -0.05) is 22.0 Å². The number of hydrogen-bond donors (Lipinski definition) is 0. The van der Waals surface area contributed by atoms with Crippen molar-refractivity contribution < 1.29 is 4.74 Å². The number of aromatic nitrogens is 2. The van der Waals surface area contributed by atoms with Crippen LogP contribution < -0.4 is 4.74 Å². The van der Waals surface area contributed by atoms with Crippen LogP contribution in [0.25, 0.3) is 5.65 Å². The first-order valence-corrected chi connectivity index (χ1v) is 7.25. The highest BCUT2D eigenvalue weighted by Gasteiger charge is 2.05. The number of ether oxygens (including phenoxy) is 1. The Morgan fingerprint density at radius 3 is 2.65 bits per heavy atom. The van der Waals surface area contributed by atoms with Crippen LogP contribution >= 0.6 is 15.9 Å². The molecule has 4 heteroatoms. The molecule has 0 fully saturated rings. The minimum absolute atomic E-state index is 0.474. The van der Waals surface area contributed by atoms with Gasteiger partial charge in [0.05, 0.1) is 5.69 Å². The number of nitrogens with zero attached hydrogens (tertiary/aromatic N) is 2. The molecule has 20 heavy (non-hydrogen) atoms. The number of pyridine rings is 1. The van der Waals surface area contributed by atoms with Crippen LogP contribution in [0.15, 0.2) is 47.2 Å². The number of benzene rings is 1. The first kappa shape index (κ1) is 13.2. The molecule has 1 aromatic carbocycles. The number of rotatable bonds is 3. The smallest absolute Gasteiger partial charge is 0.137 e. The Bertz CT molecular complexity index is 708. The topological polar surface area (TPSA) is 26.5 Å². The Hall–Kier alpha value is -1.81. The van der Waals surface area contributed by atoms with Crippen molar-refractivity contribution in [2.45, 2.75) is 20.5 Å². The summed E-state index contributed by atoms with van der Waals surface area (Å²) in [5.74, 6) is 0.875. The quantitative estimate of drug-likeness (QED) is 0.716. The lowest BCUT2D eigenvalue weighted by Gasteiger charge is -2.09. The van der Waals surface area contributed by atoms with Crippen LogP contribution in [0.4, 0.5) is 0 Å². The Labute approximate surface area is 126 Å². The van der Waals surface area contributed by atoms with Crippen molar-refractivity contribution in [3.63, 3.8) is 0 Å². The molecule has 3 nitrogen and oxygen atoms in total.